The summed E-state index contributed by atoms with van der Waals surface area (Å²) in [5.74, 6) is -0.227. The number of aromatic amines is 1. The van der Waals surface area contributed by atoms with Gasteiger partial charge >= 0.3 is 0 Å². The quantitative estimate of drug-likeness (QED) is 0.506. The van der Waals surface area contributed by atoms with Crippen LogP contribution in [0.2, 0.25) is 0 Å². The van der Waals surface area contributed by atoms with Gasteiger partial charge in [-0.15, -0.1) is 0 Å². The molecule has 1 aromatic heterocycles. The number of benzene rings is 3. The van der Waals surface area contributed by atoms with Gasteiger partial charge in [-0.25, -0.2) is 4.39 Å². The van der Waals surface area contributed by atoms with Gasteiger partial charge in [0.25, 0.3) is 5.91 Å². The molecule has 3 aromatic carbocycles. The molecule has 1 amide bonds. The number of halogens is 1. The first-order valence-corrected chi connectivity index (χ1v) is 10.6. The number of nitrogens with two attached hydrogens (primary N) is 1. The highest BCUT2D eigenvalue weighted by molar-refractivity contribution is 6.01. The lowest BCUT2D eigenvalue weighted by molar-refractivity contribution is 0.0790. The highest BCUT2D eigenvalue weighted by Crippen LogP contribution is 2.31. The van der Waals surface area contributed by atoms with E-state index in [1.807, 2.05) is 53.4 Å². The molecule has 1 saturated heterocycles. The minimum Gasteiger partial charge on any atom is -0.336 e. The van der Waals surface area contributed by atoms with Gasteiger partial charge in [0, 0.05) is 41.7 Å². The fourth-order valence-electron chi connectivity index (χ4n) is 4.35. The summed E-state index contributed by atoms with van der Waals surface area (Å²) in [5.41, 5.74) is 11.2. The molecular weight excluding hydrogens is 403 g/mol. The first-order valence-electron chi connectivity index (χ1n) is 10.6. The second-order valence-corrected chi connectivity index (χ2v) is 8.11. The van der Waals surface area contributed by atoms with Crippen LogP contribution in [-0.4, -0.2) is 40.1 Å². The normalized spacial score (nSPS) is 18.1. The standard InChI is InChI=1S/C26H23FN4O/c27-19-12-10-18(11-13-19)24-14-25(30-29-24)20-8-4-5-9-21(20)26(32)31-15-22(23(28)16-31)17-6-2-1-3-7-17/h1-14,22-23H,15-16,28H2,(H,29,30)/t22-,23?/m0/s1. The molecule has 1 aliphatic heterocycles. The number of likely N-dealkylation sites (tertiary alicyclic amines) is 1. The number of nitrogens with one attached hydrogen (secondary N) is 1. The lowest BCUT2D eigenvalue weighted by Gasteiger charge is -2.18. The summed E-state index contributed by atoms with van der Waals surface area (Å²) < 4.78 is 13.2. The van der Waals surface area contributed by atoms with E-state index in [9.17, 15) is 9.18 Å². The average molecular weight is 426 g/mol. The van der Waals surface area contributed by atoms with Crippen molar-refractivity contribution in [2.24, 2.45) is 5.73 Å². The average Bonchev–Trinajstić information content (AvgIpc) is 3.47. The van der Waals surface area contributed by atoms with E-state index in [1.165, 1.54) is 12.1 Å². The van der Waals surface area contributed by atoms with E-state index < -0.39 is 0 Å². The van der Waals surface area contributed by atoms with E-state index in [4.69, 9.17) is 5.73 Å². The fourth-order valence-corrected chi connectivity index (χ4v) is 4.35. The highest BCUT2D eigenvalue weighted by Gasteiger charge is 2.34. The molecule has 1 aliphatic rings. The van der Waals surface area contributed by atoms with Crippen molar-refractivity contribution >= 4 is 5.91 Å². The summed E-state index contributed by atoms with van der Waals surface area (Å²) in [5, 5.41) is 7.39. The lowest BCUT2D eigenvalue weighted by Crippen LogP contribution is -2.32. The summed E-state index contributed by atoms with van der Waals surface area (Å²) in [6, 6.07) is 25.5. The fraction of sp³-hybridized carbons (Fsp3) is 0.154. The predicted molar refractivity (Wildman–Crippen MR) is 122 cm³/mol. The molecule has 6 heteroatoms. The Morgan fingerprint density at radius 3 is 2.47 bits per heavy atom. The van der Waals surface area contributed by atoms with E-state index in [0.717, 1.165) is 22.4 Å². The number of amides is 1. The van der Waals surface area contributed by atoms with Gasteiger partial charge in [-0.2, -0.15) is 5.10 Å². The van der Waals surface area contributed by atoms with Crippen molar-refractivity contribution in [1.82, 2.24) is 15.1 Å². The SMILES string of the molecule is NC1CN(C(=O)c2ccccc2-c2cc(-c3ccc(F)cc3)n[nH]2)C[C@H]1c1ccccc1. The number of carbonyl (C=O) groups excluding carboxylic acids is 1. The van der Waals surface area contributed by atoms with Crippen LogP contribution < -0.4 is 5.73 Å². The van der Waals surface area contributed by atoms with Crippen molar-refractivity contribution < 1.29 is 9.18 Å². The van der Waals surface area contributed by atoms with Crippen molar-refractivity contribution in [1.29, 1.82) is 0 Å². The van der Waals surface area contributed by atoms with Gasteiger partial charge in [-0.3, -0.25) is 9.89 Å². The monoisotopic (exact) mass is 426 g/mol. The Kier molecular flexibility index (Phi) is 5.29. The van der Waals surface area contributed by atoms with E-state index in [-0.39, 0.29) is 23.7 Å². The van der Waals surface area contributed by atoms with Gasteiger partial charge in [0.2, 0.25) is 0 Å². The van der Waals surface area contributed by atoms with Crippen LogP contribution in [0.5, 0.6) is 0 Å². The second kappa shape index (κ2) is 8.40. The molecule has 32 heavy (non-hydrogen) atoms. The van der Waals surface area contributed by atoms with E-state index >= 15 is 0 Å². The van der Waals surface area contributed by atoms with Crippen LogP contribution in [0.25, 0.3) is 22.5 Å². The second-order valence-electron chi connectivity index (χ2n) is 8.11. The van der Waals surface area contributed by atoms with Crippen molar-refractivity contribution in [3.63, 3.8) is 0 Å². The van der Waals surface area contributed by atoms with Crippen LogP contribution in [0.1, 0.15) is 21.8 Å². The molecule has 0 bridgehead atoms. The molecule has 5 nitrogen and oxygen atoms in total. The van der Waals surface area contributed by atoms with Crippen LogP contribution in [0.3, 0.4) is 0 Å². The molecule has 0 saturated carbocycles. The smallest absolute Gasteiger partial charge is 0.254 e. The molecule has 0 radical (unpaired) electrons. The zero-order valence-corrected chi connectivity index (χ0v) is 17.4. The van der Waals surface area contributed by atoms with Crippen LogP contribution in [0.4, 0.5) is 4.39 Å². The third-order valence-corrected chi connectivity index (χ3v) is 6.05. The maximum absolute atomic E-state index is 13.5. The van der Waals surface area contributed by atoms with Gasteiger partial charge < -0.3 is 10.6 Å². The number of hydrogen-bond acceptors (Lipinski definition) is 3. The van der Waals surface area contributed by atoms with E-state index in [2.05, 4.69) is 22.3 Å². The van der Waals surface area contributed by atoms with Crippen molar-refractivity contribution in [2.75, 3.05) is 13.1 Å². The molecule has 2 heterocycles. The minimum atomic E-state index is -0.293. The lowest BCUT2D eigenvalue weighted by atomic mass is 9.95. The van der Waals surface area contributed by atoms with E-state index in [1.54, 1.807) is 12.1 Å². The van der Waals surface area contributed by atoms with Gasteiger partial charge in [-0.05, 0) is 42.0 Å². The molecule has 4 aromatic rings. The number of aromatic nitrogens is 2. The number of nitrogens with zero attached hydrogens (tertiary/aromatic N) is 2. The van der Waals surface area contributed by atoms with Crippen LogP contribution in [0, 0.1) is 5.82 Å². The maximum Gasteiger partial charge on any atom is 0.254 e. The molecule has 5 rings (SSSR count). The molecular formula is C26H23FN4O. The van der Waals surface area contributed by atoms with Crippen molar-refractivity contribution in [3.05, 3.63) is 102 Å². The van der Waals surface area contributed by atoms with Crippen LogP contribution in [-0.2, 0) is 0 Å². The van der Waals surface area contributed by atoms with Gasteiger partial charge in [0.1, 0.15) is 5.82 Å². The first kappa shape index (κ1) is 20.2. The summed E-state index contributed by atoms with van der Waals surface area (Å²) in [7, 11) is 0. The Bertz CT molecular complexity index is 1240. The third kappa shape index (κ3) is 3.81. The summed E-state index contributed by atoms with van der Waals surface area (Å²) in [4.78, 5) is 15.3. The zero-order chi connectivity index (χ0) is 22.1. The van der Waals surface area contributed by atoms with Crippen molar-refractivity contribution in [3.8, 4) is 22.5 Å². The summed E-state index contributed by atoms with van der Waals surface area (Å²) in [6.45, 7) is 1.10. The van der Waals surface area contributed by atoms with Crippen LogP contribution in [0.15, 0.2) is 84.9 Å². The Morgan fingerprint density at radius 1 is 0.969 bits per heavy atom. The molecule has 1 unspecified atom stereocenters. The number of rotatable bonds is 4. The van der Waals surface area contributed by atoms with Crippen LogP contribution >= 0.6 is 0 Å². The molecule has 2 atom stereocenters. The Morgan fingerprint density at radius 2 is 1.69 bits per heavy atom. The van der Waals surface area contributed by atoms with Gasteiger partial charge in [0.05, 0.1) is 11.4 Å². The zero-order valence-electron chi connectivity index (χ0n) is 17.4. The maximum atomic E-state index is 13.5. The largest absolute Gasteiger partial charge is 0.336 e. The molecule has 0 aliphatic carbocycles. The molecule has 3 N–H and O–H groups in total. The Balaban J connectivity index is 1.42. The number of H-pyrrole nitrogens is 1. The van der Waals surface area contributed by atoms with E-state index in [0.29, 0.717) is 24.3 Å². The highest BCUT2D eigenvalue weighted by atomic mass is 19.1. The summed E-state index contributed by atoms with van der Waals surface area (Å²) >= 11 is 0. The minimum absolute atomic E-state index is 0.0487. The van der Waals surface area contributed by atoms with Crippen molar-refractivity contribution in [2.45, 2.75) is 12.0 Å². The first-order chi connectivity index (χ1) is 15.6. The Hall–Kier alpha value is -3.77. The molecule has 1 fully saturated rings. The van der Waals surface area contributed by atoms with Gasteiger partial charge in [0.15, 0.2) is 0 Å². The number of hydrogen-bond donors (Lipinski definition) is 2. The summed E-state index contributed by atoms with van der Waals surface area (Å²) in [6.07, 6.45) is 0. The topological polar surface area (TPSA) is 75.0 Å². The third-order valence-electron chi connectivity index (χ3n) is 6.05. The predicted octanol–water partition coefficient (Wildman–Crippen LogP) is 4.45. The molecule has 160 valence electrons. The van der Waals surface area contributed by atoms with Gasteiger partial charge in [-0.1, -0.05) is 48.5 Å². The Labute approximate surface area is 185 Å². The molecule has 0 spiro atoms. The number of carbonyl (C=O) groups is 1.